The van der Waals surface area contributed by atoms with Crippen LogP contribution in [0.1, 0.15) is 45.5 Å². The normalized spacial score (nSPS) is 13.4. The second kappa shape index (κ2) is 6.12. The van der Waals surface area contributed by atoms with Crippen LogP contribution in [0, 0.1) is 5.92 Å². The monoisotopic (exact) mass is 230 g/mol. The Labute approximate surface area is 95.0 Å². The van der Waals surface area contributed by atoms with E-state index in [9.17, 15) is 0 Å². The number of rotatable bonds is 6. The minimum Gasteiger partial charge on any atom is -0.410 e. The molecule has 0 saturated carbocycles. The lowest BCUT2D eigenvalue weighted by Crippen LogP contribution is -2.56. The van der Waals surface area contributed by atoms with E-state index in [-0.39, 0.29) is 6.04 Å². The smallest absolute Gasteiger partial charge is 0.276 e. The maximum Gasteiger partial charge on any atom is 0.276 e. The van der Waals surface area contributed by atoms with E-state index >= 15 is 0 Å². The number of thioether (sulfide) groups is 1. The molecule has 0 aliphatic rings. The fourth-order valence-electron chi connectivity index (χ4n) is 1.02. The summed E-state index contributed by atoms with van der Waals surface area (Å²) in [6, 6.07) is 0.0954. The summed E-state index contributed by atoms with van der Waals surface area (Å²) in [7, 11) is 0. The maximum atomic E-state index is 5.53. The van der Waals surface area contributed by atoms with Crippen molar-refractivity contribution in [2.75, 3.05) is 5.75 Å². The molecule has 1 heterocycles. The molecular weight excluding hydrogens is 210 g/mol. The van der Waals surface area contributed by atoms with Gasteiger partial charge in [-0.3, -0.25) is 0 Å². The molecule has 1 aromatic heterocycles. The average Bonchev–Trinajstić information content (AvgIpc) is 2.65. The molecule has 0 radical (unpaired) electrons. The molecule has 0 aliphatic carbocycles. The first-order valence-electron chi connectivity index (χ1n) is 5.44. The highest BCUT2D eigenvalue weighted by atomic mass is 32.2. The molecule has 0 bridgehead atoms. The predicted molar refractivity (Wildman–Crippen MR) is 60.4 cm³/mol. The van der Waals surface area contributed by atoms with Crippen molar-refractivity contribution in [3.63, 3.8) is 0 Å². The summed E-state index contributed by atoms with van der Waals surface area (Å²) in [6.45, 7) is 6.38. The van der Waals surface area contributed by atoms with Gasteiger partial charge < -0.3 is 10.2 Å². The second-order valence-corrected chi connectivity index (χ2v) is 5.00. The lowest BCUT2D eigenvalue weighted by Gasteiger charge is -2.05. The van der Waals surface area contributed by atoms with Crippen LogP contribution in [0.5, 0.6) is 0 Å². The van der Waals surface area contributed by atoms with Crippen molar-refractivity contribution >= 4 is 11.8 Å². The molecule has 0 amide bonds. The maximum absolute atomic E-state index is 5.53. The number of hydrogen-bond acceptors (Lipinski definition) is 4. The number of hydrogen-bond donors (Lipinski definition) is 1. The van der Waals surface area contributed by atoms with Crippen molar-refractivity contribution in [1.29, 1.82) is 0 Å². The van der Waals surface area contributed by atoms with Gasteiger partial charge in [0.15, 0.2) is 6.04 Å². The van der Waals surface area contributed by atoms with E-state index in [1.165, 1.54) is 12.8 Å². The highest BCUT2D eigenvalue weighted by Crippen LogP contribution is 2.21. The molecule has 1 rings (SSSR count). The van der Waals surface area contributed by atoms with Gasteiger partial charge in [-0.2, -0.15) is 0 Å². The third-order valence-electron chi connectivity index (χ3n) is 2.27. The highest BCUT2D eigenvalue weighted by molar-refractivity contribution is 7.99. The third-order valence-corrected chi connectivity index (χ3v) is 3.17. The van der Waals surface area contributed by atoms with Crippen LogP contribution < -0.4 is 5.73 Å². The predicted octanol–water partition coefficient (Wildman–Crippen LogP) is 1.90. The van der Waals surface area contributed by atoms with Crippen molar-refractivity contribution < 1.29 is 10.2 Å². The largest absolute Gasteiger partial charge is 0.410 e. The summed E-state index contributed by atoms with van der Waals surface area (Å²) < 4.78 is 5.53. The zero-order valence-corrected chi connectivity index (χ0v) is 10.5. The van der Waals surface area contributed by atoms with Crippen molar-refractivity contribution in [2.24, 2.45) is 5.92 Å². The topological polar surface area (TPSA) is 66.6 Å². The SMILES string of the molecule is CCCCSc1nnc([C@@H]([NH3+])C(C)C)o1. The Hall–Kier alpha value is -0.550. The number of unbranched alkanes of at least 4 members (excludes halogenated alkanes) is 1. The molecule has 0 saturated heterocycles. The van der Waals surface area contributed by atoms with E-state index in [4.69, 9.17) is 4.42 Å². The van der Waals surface area contributed by atoms with E-state index in [0.717, 1.165) is 5.75 Å². The van der Waals surface area contributed by atoms with Gasteiger partial charge in [0.25, 0.3) is 11.1 Å². The molecule has 4 nitrogen and oxygen atoms in total. The van der Waals surface area contributed by atoms with Gasteiger partial charge in [-0.05, 0) is 6.42 Å². The van der Waals surface area contributed by atoms with Crippen LogP contribution in [-0.4, -0.2) is 16.0 Å². The van der Waals surface area contributed by atoms with Crippen molar-refractivity contribution in [3.05, 3.63) is 5.89 Å². The van der Waals surface area contributed by atoms with E-state index < -0.39 is 0 Å². The van der Waals surface area contributed by atoms with Gasteiger partial charge in [-0.1, -0.05) is 39.0 Å². The van der Waals surface area contributed by atoms with E-state index in [1.807, 2.05) is 0 Å². The summed E-state index contributed by atoms with van der Waals surface area (Å²) >= 11 is 1.63. The molecule has 0 spiro atoms. The van der Waals surface area contributed by atoms with Gasteiger partial charge in [0.05, 0.1) is 0 Å². The summed E-state index contributed by atoms with van der Waals surface area (Å²) in [5.74, 6) is 2.13. The Morgan fingerprint density at radius 2 is 2.13 bits per heavy atom. The minimum absolute atomic E-state index is 0.0954. The van der Waals surface area contributed by atoms with Gasteiger partial charge >= 0.3 is 0 Å². The number of aromatic nitrogens is 2. The van der Waals surface area contributed by atoms with E-state index in [0.29, 0.717) is 17.0 Å². The van der Waals surface area contributed by atoms with Gasteiger partial charge in [-0.25, -0.2) is 0 Å². The standard InChI is InChI=1S/C10H19N3OS/c1-4-5-6-15-10-13-12-9(14-10)8(11)7(2)3/h7-8H,4-6,11H2,1-3H3/p+1/t8-/m0/s1. The molecule has 1 aromatic rings. The quantitative estimate of drug-likeness (QED) is 0.598. The van der Waals surface area contributed by atoms with Crippen molar-refractivity contribution in [2.45, 2.75) is 44.9 Å². The number of nitrogens with zero attached hydrogens (tertiary/aromatic N) is 2. The van der Waals surface area contributed by atoms with E-state index in [1.54, 1.807) is 11.8 Å². The first-order chi connectivity index (χ1) is 7.15. The molecule has 0 fully saturated rings. The molecule has 5 heteroatoms. The molecular formula is C10H20N3OS+. The summed E-state index contributed by atoms with van der Waals surface area (Å²) in [6.07, 6.45) is 2.37. The van der Waals surface area contributed by atoms with Crippen LogP contribution in [0.4, 0.5) is 0 Å². The number of quaternary nitrogens is 1. The molecule has 3 N–H and O–H groups in total. The van der Waals surface area contributed by atoms with Crippen LogP contribution in [0.2, 0.25) is 0 Å². The Morgan fingerprint density at radius 3 is 2.73 bits per heavy atom. The first kappa shape index (κ1) is 12.5. The Morgan fingerprint density at radius 1 is 1.40 bits per heavy atom. The third kappa shape index (κ3) is 3.83. The summed E-state index contributed by atoms with van der Waals surface area (Å²) in [4.78, 5) is 0. The van der Waals surface area contributed by atoms with Gasteiger partial charge in [-0.15, -0.1) is 10.2 Å². The lowest BCUT2D eigenvalue weighted by molar-refractivity contribution is -0.443. The summed E-state index contributed by atoms with van der Waals surface area (Å²) in [5.41, 5.74) is 4.01. The lowest BCUT2D eigenvalue weighted by atomic mass is 10.1. The average molecular weight is 230 g/mol. The van der Waals surface area contributed by atoms with Gasteiger partial charge in [0.2, 0.25) is 0 Å². The Kier molecular flexibility index (Phi) is 5.11. The molecule has 0 aromatic carbocycles. The van der Waals surface area contributed by atoms with Crippen molar-refractivity contribution in [3.8, 4) is 0 Å². The Bertz CT molecular complexity index is 288. The molecule has 86 valence electrons. The Balaban J connectivity index is 2.48. The van der Waals surface area contributed by atoms with Gasteiger partial charge in [0.1, 0.15) is 0 Å². The van der Waals surface area contributed by atoms with Crippen LogP contribution >= 0.6 is 11.8 Å². The minimum atomic E-state index is 0.0954. The molecule has 0 unspecified atom stereocenters. The van der Waals surface area contributed by atoms with Crippen LogP contribution in [-0.2, 0) is 0 Å². The summed E-state index contributed by atoms with van der Waals surface area (Å²) in [5, 5.41) is 8.69. The fourth-order valence-corrected chi connectivity index (χ4v) is 1.87. The van der Waals surface area contributed by atoms with Crippen LogP contribution in [0.3, 0.4) is 0 Å². The zero-order valence-electron chi connectivity index (χ0n) is 9.69. The van der Waals surface area contributed by atoms with Crippen LogP contribution in [0.25, 0.3) is 0 Å². The second-order valence-electron chi connectivity index (χ2n) is 3.96. The van der Waals surface area contributed by atoms with E-state index in [2.05, 4.69) is 36.7 Å². The fraction of sp³-hybridized carbons (Fsp3) is 0.800. The zero-order chi connectivity index (χ0) is 11.3. The van der Waals surface area contributed by atoms with Crippen molar-refractivity contribution in [1.82, 2.24) is 10.2 Å². The highest BCUT2D eigenvalue weighted by Gasteiger charge is 2.21. The van der Waals surface area contributed by atoms with Gasteiger partial charge in [0, 0.05) is 11.7 Å². The van der Waals surface area contributed by atoms with Crippen LogP contribution in [0.15, 0.2) is 9.64 Å². The first-order valence-corrected chi connectivity index (χ1v) is 6.43. The molecule has 15 heavy (non-hydrogen) atoms. The molecule has 1 atom stereocenters. The molecule has 0 aliphatic heterocycles.